The number of hydrogen-bond donors (Lipinski definition) is 0. The lowest BCUT2D eigenvalue weighted by atomic mass is 10.1. The van der Waals surface area contributed by atoms with Crippen LogP contribution in [0.1, 0.15) is 97.8 Å². The van der Waals surface area contributed by atoms with Crippen LogP contribution in [0.2, 0.25) is 0 Å². The maximum Gasteiger partial charge on any atom is 0.0591 e. The zero-order chi connectivity index (χ0) is 15.1. The molecule has 0 heterocycles. The van der Waals surface area contributed by atoms with E-state index in [4.69, 9.17) is 0 Å². The summed E-state index contributed by atoms with van der Waals surface area (Å²) in [5.74, 6) is 0. The molecule has 0 atom stereocenters. The van der Waals surface area contributed by atoms with Gasteiger partial charge in [-0.15, -0.1) is 0 Å². The van der Waals surface area contributed by atoms with E-state index in [1.165, 1.54) is 83.2 Å². The van der Waals surface area contributed by atoms with Gasteiger partial charge in [0.05, 0.1) is 18.5 Å². The first-order valence-corrected chi connectivity index (χ1v) is 12.3. The maximum atomic E-state index is 2.64. The monoisotopic (exact) mass is 336 g/mol. The standard InChI is InChI=1S/C19H42P.ClH/c1-5-8-10-12-14-16-18-20(4,7-3)19-17-15-13-11-9-6-2;/h5-19H2,1-4H3;1H/q+1;/p-1. The van der Waals surface area contributed by atoms with Crippen LogP contribution >= 0.6 is 7.26 Å². The van der Waals surface area contributed by atoms with Crippen molar-refractivity contribution in [2.75, 3.05) is 25.2 Å². The molecule has 0 unspecified atom stereocenters. The molecule has 0 amide bonds. The van der Waals surface area contributed by atoms with Gasteiger partial charge in [0.15, 0.2) is 0 Å². The van der Waals surface area contributed by atoms with E-state index in [-0.39, 0.29) is 12.4 Å². The van der Waals surface area contributed by atoms with Crippen LogP contribution in [-0.4, -0.2) is 25.2 Å². The molecule has 21 heavy (non-hydrogen) atoms. The average Bonchev–Trinajstić information content (AvgIpc) is 2.46. The van der Waals surface area contributed by atoms with E-state index in [0.29, 0.717) is 0 Å². The van der Waals surface area contributed by atoms with Crippen molar-refractivity contribution in [3.63, 3.8) is 0 Å². The lowest BCUT2D eigenvalue weighted by molar-refractivity contribution is -0.00000470. The smallest absolute Gasteiger partial charge is 0.0591 e. The normalized spacial score (nSPS) is 11.4. The van der Waals surface area contributed by atoms with E-state index in [2.05, 4.69) is 27.4 Å². The van der Waals surface area contributed by atoms with Crippen LogP contribution in [0.15, 0.2) is 0 Å². The van der Waals surface area contributed by atoms with Crippen molar-refractivity contribution in [3.8, 4) is 0 Å². The van der Waals surface area contributed by atoms with Crippen molar-refractivity contribution < 1.29 is 12.4 Å². The van der Waals surface area contributed by atoms with E-state index in [0.717, 1.165) is 0 Å². The maximum absolute atomic E-state index is 2.64. The van der Waals surface area contributed by atoms with Gasteiger partial charge in [-0.05, 0) is 32.6 Å². The molecule has 0 spiro atoms. The molecule has 0 aliphatic rings. The van der Waals surface area contributed by atoms with E-state index in [9.17, 15) is 0 Å². The van der Waals surface area contributed by atoms with Crippen LogP contribution in [0.3, 0.4) is 0 Å². The van der Waals surface area contributed by atoms with Crippen molar-refractivity contribution in [3.05, 3.63) is 0 Å². The van der Waals surface area contributed by atoms with Gasteiger partial charge >= 0.3 is 0 Å². The van der Waals surface area contributed by atoms with Gasteiger partial charge in [-0.1, -0.05) is 65.2 Å². The van der Waals surface area contributed by atoms with Gasteiger partial charge in [0.1, 0.15) is 0 Å². The Kier molecular flexibility index (Phi) is 19.5. The van der Waals surface area contributed by atoms with E-state index in [1.54, 1.807) is 12.3 Å². The van der Waals surface area contributed by atoms with Crippen LogP contribution < -0.4 is 12.4 Å². The van der Waals surface area contributed by atoms with E-state index in [1.807, 2.05) is 0 Å². The van der Waals surface area contributed by atoms with Crippen LogP contribution in [0.25, 0.3) is 0 Å². The molecule has 0 aromatic heterocycles. The van der Waals surface area contributed by atoms with Gasteiger partial charge in [0, 0.05) is 13.9 Å². The SMILES string of the molecule is CCCCCCCC[P+](C)(CC)CCCCCCCC.[Cl-]. The second-order valence-electron chi connectivity index (χ2n) is 6.92. The Morgan fingerprint density at radius 1 is 0.524 bits per heavy atom. The Morgan fingerprint density at radius 2 is 0.857 bits per heavy atom. The largest absolute Gasteiger partial charge is 1.00 e. The van der Waals surface area contributed by atoms with Gasteiger partial charge in [0.2, 0.25) is 0 Å². The lowest BCUT2D eigenvalue weighted by Crippen LogP contribution is -3.00. The first-order valence-electron chi connectivity index (χ1n) is 9.52. The van der Waals surface area contributed by atoms with Gasteiger partial charge in [-0.25, -0.2) is 0 Å². The number of halogens is 1. The molecule has 0 saturated heterocycles. The minimum atomic E-state index is -0.561. The Bertz CT molecular complexity index is 178. The summed E-state index contributed by atoms with van der Waals surface area (Å²) in [6.45, 7) is 9.70. The third-order valence-corrected chi connectivity index (χ3v) is 9.19. The average molecular weight is 337 g/mol. The summed E-state index contributed by atoms with van der Waals surface area (Å²) in [5.41, 5.74) is 0. The predicted octanol–water partition coefficient (Wildman–Crippen LogP) is 4.38. The zero-order valence-corrected chi connectivity index (χ0v) is 17.1. The van der Waals surface area contributed by atoms with Crippen molar-refractivity contribution in [1.29, 1.82) is 0 Å². The van der Waals surface area contributed by atoms with Crippen LogP contribution in [0.4, 0.5) is 0 Å². The van der Waals surface area contributed by atoms with Gasteiger partial charge in [-0.2, -0.15) is 0 Å². The highest BCUT2D eigenvalue weighted by molar-refractivity contribution is 7.75. The van der Waals surface area contributed by atoms with Crippen molar-refractivity contribution in [1.82, 2.24) is 0 Å². The van der Waals surface area contributed by atoms with Gasteiger partial charge in [0.25, 0.3) is 0 Å². The highest BCUT2D eigenvalue weighted by Gasteiger charge is 2.27. The highest BCUT2D eigenvalue weighted by Crippen LogP contribution is 2.56. The summed E-state index contributed by atoms with van der Waals surface area (Å²) in [6.07, 6.45) is 22.2. The number of unbranched alkanes of at least 4 members (excludes halogenated alkanes) is 10. The van der Waals surface area contributed by atoms with E-state index >= 15 is 0 Å². The molecule has 0 fully saturated rings. The summed E-state index contributed by atoms with van der Waals surface area (Å²) >= 11 is 0. The second kappa shape index (κ2) is 17.1. The third-order valence-electron chi connectivity index (χ3n) is 4.87. The molecule has 0 aliphatic carbocycles. The summed E-state index contributed by atoms with van der Waals surface area (Å²) in [4.78, 5) is 0. The summed E-state index contributed by atoms with van der Waals surface area (Å²) in [5, 5.41) is 0. The van der Waals surface area contributed by atoms with Gasteiger partial charge in [-0.3, -0.25) is 0 Å². The molecule has 0 nitrogen and oxygen atoms in total. The molecule has 130 valence electrons. The Hall–Kier alpha value is 0.720. The van der Waals surface area contributed by atoms with Crippen LogP contribution in [0, 0.1) is 0 Å². The fraction of sp³-hybridized carbons (Fsp3) is 1.00. The summed E-state index contributed by atoms with van der Waals surface area (Å²) < 4.78 is 0. The Labute approximate surface area is 143 Å². The third kappa shape index (κ3) is 15.4. The van der Waals surface area contributed by atoms with Crippen LogP contribution in [-0.2, 0) is 0 Å². The fourth-order valence-electron chi connectivity index (χ4n) is 2.98. The number of rotatable bonds is 15. The summed E-state index contributed by atoms with van der Waals surface area (Å²) in [7, 11) is -0.561. The fourth-order valence-corrected chi connectivity index (χ4v) is 5.81. The first kappa shape index (κ1) is 24.0. The molecule has 0 N–H and O–H groups in total. The highest BCUT2D eigenvalue weighted by atomic mass is 35.5. The van der Waals surface area contributed by atoms with Crippen molar-refractivity contribution in [2.45, 2.75) is 97.8 Å². The summed E-state index contributed by atoms with van der Waals surface area (Å²) in [6, 6.07) is 0. The lowest BCUT2D eigenvalue weighted by Gasteiger charge is -2.21. The van der Waals surface area contributed by atoms with Crippen molar-refractivity contribution >= 4 is 7.26 Å². The molecule has 2 heteroatoms. The minimum Gasteiger partial charge on any atom is -1.00 e. The topological polar surface area (TPSA) is 0 Å². The molecule has 0 aliphatic heterocycles. The van der Waals surface area contributed by atoms with Gasteiger partial charge < -0.3 is 12.4 Å². The molecular formula is C19H42ClP. The molecular weight excluding hydrogens is 295 g/mol. The molecule has 0 radical (unpaired) electrons. The Morgan fingerprint density at radius 3 is 1.19 bits per heavy atom. The Balaban J connectivity index is 0. The van der Waals surface area contributed by atoms with Crippen molar-refractivity contribution in [2.24, 2.45) is 0 Å². The molecule has 0 aromatic rings. The molecule has 0 rings (SSSR count). The molecule has 0 aromatic carbocycles. The number of hydrogen-bond acceptors (Lipinski definition) is 0. The zero-order valence-electron chi connectivity index (χ0n) is 15.4. The van der Waals surface area contributed by atoms with Crippen LogP contribution in [0.5, 0.6) is 0 Å². The quantitative estimate of drug-likeness (QED) is 0.307. The molecule has 0 saturated carbocycles. The molecule has 0 bridgehead atoms. The minimum absolute atomic E-state index is 0. The second-order valence-corrected chi connectivity index (χ2v) is 11.7. The van der Waals surface area contributed by atoms with E-state index < -0.39 is 7.26 Å². The first-order chi connectivity index (χ1) is 9.68. The predicted molar refractivity (Wildman–Crippen MR) is 99.9 cm³/mol.